The van der Waals surface area contributed by atoms with E-state index in [1.165, 1.54) is 0 Å². The molecular formula is C5H7O6Os. The molecule has 0 aliphatic carbocycles. The molecule has 0 radical (unpaired) electrons. The van der Waals surface area contributed by atoms with Gasteiger partial charge in [-0.1, -0.05) is 0 Å². The van der Waals surface area contributed by atoms with Crippen molar-refractivity contribution in [3.63, 3.8) is 0 Å². The number of carbonyl (C=O) groups excluding carboxylic acids is 2. The number of carbonyl (C=O) groups is 2. The maximum absolute atomic E-state index is 10.4. The second-order valence-corrected chi connectivity index (χ2v) is 8.07. The number of hydrogen-bond acceptors (Lipinski definition) is 6. The van der Waals surface area contributed by atoms with Gasteiger partial charge in [-0.25, -0.2) is 0 Å². The van der Waals surface area contributed by atoms with Crippen molar-refractivity contribution in [3.05, 3.63) is 0 Å². The molecule has 0 unspecified atom stereocenters. The first-order chi connectivity index (χ1) is 5.24. The van der Waals surface area contributed by atoms with Crippen LogP contribution in [-0.4, -0.2) is 10.6 Å². The van der Waals surface area contributed by atoms with Gasteiger partial charge in [0.05, 0.1) is 0 Å². The molecule has 0 aliphatic heterocycles. The average molecular weight is 353 g/mol. The molecule has 0 amide bonds. The molecule has 0 rings (SSSR count). The molecule has 0 N–H and O–H groups in total. The van der Waals surface area contributed by atoms with E-state index in [0.717, 1.165) is 0 Å². The SMILES string of the molecule is O=CCCC[C](=O)[Os](=[O])(=[O])(=[O])=[O]. The topological polar surface area (TPSA) is 102 Å². The predicted octanol–water partition coefficient (Wildman–Crippen LogP) is -0.0462. The predicted molar refractivity (Wildman–Crippen MR) is 27.7 cm³/mol. The molecule has 7 heteroatoms. The van der Waals surface area contributed by atoms with Crippen molar-refractivity contribution in [3.8, 4) is 0 Å². The summed E-state index contributed by atoms with van der Waals surface area (Å²) >= 11 is -7.72. The number of hydrogen-bond donors (Lipinski definition) is 0. The Labute approximate surface area is 67.8 Å². The van der Waals surface area contributed by atoms with Crippen LogP contribution >= 0.6 is 0 Å². The molecule has 0 bridgehead atoms. The molecule has 0 atom stereocenters. The molecule has 0 aromatic rings. The molecule has 0 fully saturated rings. The van der Waals surface area contributed by atoms with Crippen LogP contribution in [0.25, 0.3) is 0 Å². The summed E-state index contributed by atoms with van der Waals surface area (Å²) in [6, 6.07) is 0. The van der Waals surface area contributed by atoms with Gasteiger partial charge in [0.15, 0.2) is 0 Å². The van der Waals surface area contributed by atoms with Crippen molar-refractivity contribution in [2.75, 3.05) is 0 Å². The first-order valence-corrected chi connectivity index (χ1v) is 8.37. The third kappa shape index (κ3) is 4.14. The summed E-state index contributed by atoms with van der Waals surface area (Å²) in [5, 5.41) is 0. The summed E-state index contributed by atoms with van der Waals surface area (Å²) in [5.41, 5.74) is 0. The van der Waals surface area contributed by atoms with E-state index in [-0.39, 0.29) is 12.8 Å². The monoisotopic (exact) mass is 355 g/mol. The van der Waals surface area contributed by atoms with E-state index < -0.39 is 24.4 Å². The molecule has 0 aliphatic rings. The van der Waals surface area contributed by atoms with E-state index in [9.17, 15) is 23.7 Å². The fourth-order valence-corrected chi connectivity index (χ4v) is 1.95. The Morgan fingerprint density at radius 2 is 1.67 bits per heavy atom. The molecule has 0 heterocycles. The van der Waals surface area contributed by atoms with Crippen molar-refractivity contribution in [2.24, 2.45) is 0 Å². The Morgan fingerprint density at radius 1 is 1.17 bits per heavy atom. The zero-order valence-corrected chi connectivity index (χ0v) is 8.54. The van der Waals surface area contributed by atoms with Crippen molar-refractivity contribution in [1.29, 1.82) is 0 Å². The van der Waals surface area contributed by atoms with Gasteiger partial charge in [0.25, 0.3) is 0 Å². The van der Waals surface area contributed by atoms with Crippen LogP contribution in [0.3, 0.4) is 0 Å². The van der Waals surface area contributed by atoms with Crippen molar-refractivity contribution in [1.82, 2.24) is 0 Å². The fourth-order valence-electron chi connectivity index (χ4n) is 0.464. The Bertz CT molecular complexity index is 404. The molecular weight excluding hydrogens is 346 g/mol. The molecule has 0 aromatic carbocycles. The second kappa shape index (κ2) is 3.27. The quantitative estimate of drug-likeness (QED) is 0.507. The van der Waals surface area contributed by atoms with Crippen molar-refractivity contribution in [2.45, 2.75) is 19.3 Å². The van der Waals surface area contributed by atoms with Crippen LogP contribution in [-0.2, 0) is 37.4 Å². The fraction of sp³-hybridized carbons (Fsp3) is 0.600. The average Bonchev–Trinajstić information content (AvgIpc) is 1.84. The summed E-state index contributed by atoms with van der Waals surface area (Å²) in [6.45, 7) is 0. The van der Waals surface area contributed by atoms with Gasteiger partial charge in [0, 0.05) is 0 Å². The van der Waals surface area contributed by atoms with Gasteiger partial charge < -0.3 is 0 Å². The third-order valence-electron chi connectivity index (χ3n) is 1.01. The van der Waals surface area contributed by atoms with Gasteiger partial charge in [-0.3, -0.25) is 0 Å². The van der Waals surface area contributed by atoms with Crippen molar-refractivity contribution < 1.29 is 37.4 Å². The summed E-state index contributed by atoms with van der Waals surface area (Å²) in [7, 11) is 0. The number of unbranched alkanes of at least 4 members (excludes halogenated alkanes) is 1. The van der Waals surface area contributed by atoms with Gasteiger partial charge in [-0.15, -0.1) is 0 Å². The van der Waals surface area contributed by atoms with Gasteiger partial charge in [0.1, 0.15) is 0 Å². The standard InChI is InChI=1S/C5H7O2.4O.Os/c6-4-2-1-3-5-7;;;;;/h4H,1-3H2;;;;;. The summed E-state index contributed by atoms with van der Waals surface area (Å²) in [4.78, 5) is 20.1. The van der Waals surface area contributed by atoms with Gasteiger partial charge in [-0.05, 0) is 0 Å². The van der Waals surface area contributed by atoms with E-state index in [2.05, 4.69) is 0 Å². The Hall–Kier alpha value is -0.824. The minimum atomic E-state index is -7.72. The second-order valence-electron chi connectivity index (χ2n) is 2.04. The van der Waals surface area contributed by atoms with E-state index in [4.69, 9.17) is 0 Å². The summed E-state index contributed by atoms with van der Waals surface area (Å²) < 4.78 is 38.5. The van der Waals surface area contributed by atoms with Crippen LogP contribution in [0, 0.1) is 0 Å². The molecule has 71 valence electrons. The molecule has 0 saturated heterocycles. The van der Waals surface area contributed by atoms with E-state index in [0.29, 0.717) is 6.29 Å². The number of aldehydes is 1. The maximum atomic E-state index is 10.4. The van der Waals surface area contributed by atoms with Crippen molar-refractivity contribution >= 4 is 10.6 Å². The first kappa shape index (κ1) is 11.2. The minimum absolute atomic E-state index is 0.0327. The molecule has 0 saturated carbocycles. The van der Waals surface area contributed by atoms with E-state index in [1.54, 1.807) is 0 Å². The molecule has 0 spiro atoms. The van der Waals surface area contributed by atoms with Crippen LogP contribution in [0.2, 0.25) is 0 Å². The first-order valence-electron chi connectivity index (χ1n) is 2.96. The van der Waals surface area contributed by atoms with E-state index in [1.807, 2.05) is 0 Å². The zero-order chi connectivity index (χ0) is 9.85. The van der Waals surface area contributed by atoms with Crippen LogP contribution in [0.15, 0.2) is 0 Å². The molecule has 0 aromatic heterocycles. The van der Waals surface area contributed by atoms with Crippen LogP contribution in [0.5, 0.6) is 0 Å². The molecule has 6 nitrogen and oxygen atoms in total. The Balaban J connectivity index is 4.40. The van der Waals surface area contributed by atoms with Gasteiger partial charge in [0.2, 0.25) is 0 Å². The summed E-state index contributed by atoms with van der Waals surface area (Å²) in [6.07, 6.45) is -0.285. The van der Waals surface area contributed by atoms with Gasteiger partial charge >= 0.3 is 67.3 Å². The number of rotatable bonds is 5. The van der Waals surface area contributed by atoms with Crippen LogP contribution in [0.4, 0.5) is 0 Å². The normalized spacial score (nSPS) is 14.5. The van der Waals surface area contributed by atoms with Crippen LogP contribution < -0.4 is 0 Å². The molecule has 12 heavy (non-hydrogen) atoms. The van der Waals surface area contributed by atoms with Crippen LogP contribution in [0.1, 0.15) is 19.3 Å². The Kier molecular flexibility index (Phi) is 3.05. The zero-order valence-electron chi connectivity index (χ0n) is 6.00. The van der Waals surface area contributed by atoms with E-state index >= 15 is 0 Å². The third-order valence-corrected chi connectivity index (χ3v) is 3.96. The Morgan fingerprint density at radius 3 is 2.00 bits per heavy atom. The summed E-state index contributed by atoms with van der Waals surface area (Å²) in [5.74, 6) is 0. The van der Waals surface area contributed by atoms with Gasteiger partial charge in [-0.2, -0.15) is 0 Å².